The zero-order valence-corrected chi connectivity index (χ0v) is 17.4. The first-order valence-electron chi connectivity index (χ1n) is 8.14. The maximum absolute atomic E-state index is 13.0. The van der Waals surface area contributed by atoms with Crippen LogP contribution in [0.1, 0.15) is 17.0 Å². The summed E-state index contributed by atoms with van der Waals surface area (Å²) in [5, 5.41) is 1.52. The van der Waals surface area contributed by atoms with Gasteiger partial charge in [-0.1, -0.05) is 11.8 Å². The van der Waals surface area contributed by atoms with Gasteiger partial charge in [-0.05, 0) is 62.0 Å². The topological polar surface area (TPSA) is 52.9 Å². The number of thioether (sulfide) groups is 1. The van der Waals surface area contributed by atoms with E-state index in [1.807, 2.05) is 30.7 Å². The summed E-state index contributed by atoms with van der Waals surface area (Å²) in [6, 6.07) is 7.49. The number of benzene rings is 1. The normalized spacial score (nSPS) is 15.6. The number of carbonyl (C=O) groups is 1. The molecule has 2 aromatic rings. The summed E-state index contributed by atoms with van der Waals surface area (Å²) in [4.78, 5) is 13.5. The highest BCUT2D eigenvalue weighted by molar-refractivity contribution is 8.27. The second kappa shape index (κ2) is 7.66. The van der Waals surface area contributed by atoms with Gasteiger partial charge in [-0.15, -0.1) is 0 Å². The van der Waals surface area contributed by atoms with Crippen molar-refractivity contribution in [2.75, 3.05) is 26.3 Å². The summed E-state index contributed by atoms with van der Waals surface area (Å²) >= 11 is 6.72. The zero-order chi connectivity index (χ0) is 19.7. The number of hydrogen-bond donors (Lipinski definition) is 0. The molecule has 1 aromatic carbocycles. The molecular formula is C19H20N2O4S2. The third-order valence-corrected chi connectivity index (χ3v) is 5.47. The Labute approximate surface area is 167 Å². The molecule has 6 nitrogen and oxygen atoms in total. The van der Waals surface area contributed by atoms with Crippen molar-refractivity contribution >= 4 is 40.3 Å². The monoisotopic (exact) mass is 404 g/mol. The van der Waals surface area contributed by atoms with E-state index in [9.17, 15) is 4.79 Å². The van der Waals surface area contributed by atoms with E-state index in [-0.39, 0.29) is 5.91 Å². The number of thiocarbonyl (C=S) groups is 1. The van der Waals surface area contributed by atoms with Crippen LogP contribution in [0.2, 0.25) is 0 Å². The van der Waals surface area contributed by atoms with Crippen LogP contribution in [0, 0.1) is 13.8 Å². The van der Waals surface area contributed by atoms with E-state index in [1.165, 1.54) is 16.8 Å². The molecule has 0 spiro atoms. The Hall–Kier alpha value is -2.45. The molecule has 27 heavy (non-hydrogen) atoms. The van der Waals surface area contributed by atoms with Crippen LogP contribution < -0.4 is 19.2 Å². The van der Waals surface area contributed by atoms with Gasteiger partial charge in [0.05, 0.1) is 26.2 Å². The van der Waals surface area contributed by atoms with E-state index >= 15 is 0 Å². The first kappa shape index (κ1) is 19.3. The summed E-state index contributed by atoms with van der Waals surface area (Å²) in [5.41, 5.74) is 2.64. The molecule has 0 atom stereocenters. The van der Waals surface area contributed by atoms with E-state index in [0.29, 0.717) is 26.5 Å². The number of ether oxygens (including phenoxy) is 3. The summed E-state index contributed by atoms with van der Waals surface area (Å²) in [7, 11) is 4.66. The van der Waals surface area contributed by atoms with E-state index in [2.05, 4.69) is 0 Å². The van der Waals surface area contributed by atoms with Crippen molar-refractivity contribution in [1.29, 1.82) is 0 Å². The quantitative estimate of drug-likeness (QED) is 0.560. The standard InChI is InChI=1S/C19H20N2O4S2/c1-11-6-7-12(2)20(11)21-18(22)16(27-19(21)26)10-13-8-14(23-3)17(25-5)15(9-13)24-4/h6-10H,1-5H3/b16-10+. The van der Waals surface area contributed by atoms with Crippen LogP contribution in [-0.4, -0.2) is 36.2 Å². The minimum atomic E-state index is -0.166. The molecule has 0 saturated carbocycles. The van der Waals surface area contributed by atoms with Crippen molar-refractivity contribution in [2.24, 2.45) is 0 Å². The Morgan fingerprint density at radius 2 is 1.56 bits per heavy atom. The third kappa shape index (κ3) is 3.42. The van der Waals surface area contributed by atoms with E-state index in [0.717, 1.165) is 17.0 Å². The largest absolute Gasteiger partial charge is 0.493 e. The Bertz CT molecular complexity index is 905. The first-order valence-corrected chi connectivity index (χ1v) is 9.37. The SMILES string of the molecule is COc1cc(/C=C2/SC(=S)N(n3c(C)ccc3C)C2=O)cc(OC)c1OC. The van der Waals surface area contributed by atoms with E-state index < -0.39 is 0 Å². The highest BCUT2D eigenvalue weighted by Gasteiger charge is 2.34. The predicted molar refractivity (Wildman–Crippen MR) is 111 cm³/mol. The summed E-state index contributed by atoms with van der Waals surface area (Å²) in [6.07, 6.45) is 1.78. The Kier molecular flexibility index (Phi) is 5.48. The number of hydrogen-bond acceptors (Lipinski definition) is 6. The first-order chi connectivity index (χ1) is 12.9. The fourth-order valence-corrected chi connectivity index (χ4v) is 4.19. The van der Waals surface area contributed by atoms with Gasteiger partial charge in [0.25, 0.3) is 5.91 Å². The smallest absolute Gasteiger partial charge is 0.285 e. The van der Waals surface area contributed by atoms with Crippen LogP contribution in [0.4, 0.5) is 0 Å². The molecule has 0 unspecified atom stereocenters. The number of carbonyl (C=O) groups excluding carboxylic acids is 1. The molecule has 0 bridgehead atoms. The van der Waals surface area contributed by atoms with Gasteiger partial charge in [-0.3, -0.25) is 9.47 Å². The van der Waals surface area contributed by atoms with Crippen molar-refractivity contribution in [2.45, 2.75) is 13.8 Å². The summed E-state index contributed by atoms with van der Waals surface area (Å²) in [5.74, 6) is 1.38. The Balaban J connectivity index is 2.02. The minimum Gasteiger partial charge on any atom is -0.493 e. The molecule has 1 aromatic heterocycles. The van der Waals surface area contributed by atoms with Crippen LogP contribution in [-0.2, 0) is 4.79 Å². The average Bonchev–Trinajstić information content (AvgIpc) is 3.12. The molecule has 8 heteroatoms. The third-order valence-electron chi connectivity index (χ3n) is 4.19. The highest BCUT2D eigenvalue weighted by atomic mass is 32.2. The number of aryl methyl sites for hydroxylation is 2. The molecule has 1 saturated heterocycles. The molecule has 1 aliphatic rings. The molecule has 1 fully saturated rings. The van der Waals surface area contributed by atoms with Crippen molar-refractivity contribution in [3.8, 4) is 17.2 Å². The summed E-state index contributed by atoms with van der Waals surface area (Å²) in [6.45, 7) is 3.88. The number of nitrogens with zero attached hydrogens (tertiary/aromatic N) is 2. The van der Waals surface area contributed by atoms with Gasteiger partial charge in [0.15, 0.2) is 15.8 Å². The van der Waals surface area contributed by atoms with Crippen LogP contribution in [0.25, 0.3) is 6.08 Å². The summed E-state index contributed by atoms with van der Waals surface area (Å²) < 4.78 is 18.4. The number of rotatable bonds is 5. The lowest BCUT2D eigenvalue weighted by Gasteiger charge is -2.20. The van der Waals surface area contributed by atoms with Crippen LogP contribution in [0.3, 0.4) is 0 Å². The molecule has 3 rings (SSSR count). The molecule has 0 radical (unpaired) electrons. The number of methoxy groups -OCH3 is 3. The molecule has 0 aliphatic carbocycles. The number of aromatic nitrogens is 1. The fraction of sp³-hybridized carbons (Fsp3) is 0.263. The lowest BCUT2D eigenvalue weighted by Crippen LogP contribution is -2.39. The maximum Gasteiger partial charge on any atom is 0.285 e. The van der Waals surface area contributed by atoms with Gasteiger partial charge in [0, 0.05) is 11.4 Å². The molecule has 1 amide bonds. The molecule has 2 heterocycles. The van der Waals surface area contributed by atoms with Crippen molar-refractivity contribution < 1.29 is 19.0 Å². The van der Waals surface area contributed by atoms with Crippen molar-refractivity contribution in [1.82, 2.24) is 4.68 Å². The van der Waals surface area contributed by atoms with Gasteiger partial charge in [-0.25, -0.2) is 0 Å². The minimum absolute atomic E-state index is 0.166. The lowest BCUT2D eigenvalue weighted by molar-refractivity contribution is -0.114. The van der Waals surface area contributed by atoms with Gasteiger partial charge in [-0.2, -0.15) is 5.01 Å². The lowest BCUT2D eigenvalue weighted by atomic mass is 10.1. The zero-order valence-electron chi connectivity index (χ0n) is 15.7. The van der Waals surface area contributed by atoms with Gasteiger partial charge < -0.3 is 14.2 Å². The maximum atomic E-state index is 13.0. The Morgan fingerprint density at radius 3 is 2.04 bits per heavy atom. The van der Waals surface area contributed by atoms with Crippen molar-refractivity contribution in [3.05, 3.63) is 46.1 Å². The second-order valence-corrected chi connectivity index (χ2v) is 7.56. The van der Waals surface area contributed by atoms with Gasteiger partial charge in [0.1, 0.15) is 0 Å². The van der Waals surface area contributed by atoms with Crippen LogP contribution in [0.15, 0.2) is 29.2 Å². The second-order valence-electron chi connectivity index (χ2n) is 5.88. The molecular weight excluding hydrogens is 384 g/mol. The van der Waals surface area contributed by atoms with E-state index in [1.54, 1.807) is 39.5 Å². The predicted octanol–water partition coefficient (Wildman–Crippen LogP) is 3.67. The molecule has 142 valence electrons. The van der Waals surface area contributed by atoms with Crippen molar-refractivity contribution in [3.63, 3.8) is 0 Å². The van der Waals surface area contributed by atoms with Gasteiger partial charge >= 0.3 is 0 Å². The molecule has 0 N–H and O–H groups in total. The highest BCUT2D eigenvalue weighted by Crippen LogP contribution is 2.40. The average molecular weight is 405 g/mol. The van der Waals surface area contributed by atoms with Crippen LogP contribution >= 0.6 is 24.0 Å². The molecule has 1 aliphatic heterocycles. The Morgan fingerprint density at radius 1 is 1.00 bits per heavy atom. The number of amides is 1. The van der Waals surface area contributed by atoms with Gasteiger partial charge in [0.2, 0.25) is 5.75 Å². The fourth-order valence-electron chi connectivity index (χ4n) is 2.94. The van der Waals surface area contributed by atoms with Crippen LogP contribution in [0.5, 0.6) is 17.2 Å². The van der Waals surface area contributed by atoms with E-state index in [4.69, 9.17) is 26.4 Å².